The lowest BCUT2D eigenvalue weighted by molar-refractivity contribution is 0.0697. The molecule has 0 fully saturated rings. The van der Waals surface area contributed by atoms with Crippen LogP contribution >= 0.6 is 0 Å². The van der Waals surface area contributed by atoms with Gasteiger partial charge in [-0.05, 0) is 78.4 Å². The van der Waals surface area contributed by atoms with E-state index in [-0.39, 0.29) is 0 Å². The van der Waals surface area contributed by atoms with Gasteiger partial charge in [-0.15, -0.1) is 0 Å². The first-order valence-corrected chi connectivity index (χ1v) is 13.2. The van der Waals surface area contributed by atoms with E-state index in [0.717, 1.165) is 68.6 Å². The van der Waals surface area contributed by atoms with Crippen molar-refractivity contribution in [3.63, 3.8) is 0 Å². The molecular formula is C33H29N3O3. The number of fused-ring (bicyclic) bond motifs is 2. The zero-order valence-corrected chi connectivity index (χ0v) is 22.2. The highest BCUT2D eigenvalue weighted by atomic mass is 16.4. The topological polar surface area (TPSA) is 81.2 Å². The molecule has 2 aromatic heterocycles. The second kappa shape index (κ2) is 9.87. The summed E-state index contributed by atoms with van der Waals surface area (Å²) >= 11 is 0. The first-order chi connectivity index (χ1) is 18.9. The van der Waals surface area contributed by atoms with Gasteiger partial charge in [-0.2, -0.15) is 0 Å². The first kappa shape index (κ1) is 24.6. The van der Waals surface area contributed by atoms with E-state index < -0.39 is 5.97 Å². The van der Waals surface area contributed by atoms with Crippen LogP contribution in [0.25, 0.3) is 44.7 Å². The van der Waals surface area contributed by atoms with Crippen LogP contribution in [0.4, 0.5) is 0 Å². The smallest absolute Gasteiger partial charge is 0.336 e. The summed E-state index contributed by atoms with van der Waals surface area (Å²) in [5.41, 5.74) is 9.83. The van der Waals surface area contributed by atoms with E-state index in [1.807, 2.05) is 42.5 Å². The molecule has 6 heteroatoms. The molecule has 0 bridgehead atoms. The number of benzene rings is 4. The number of carboxylic acid groups (broad SMARTS) is 1. The summed E-state index contributed by atoms with van der Waals surface area (Å²) in [5, 5.41) is 9.59. The minimum absolute atomic E-state index is 0.299. The number of hydrogen-bond acceptors (Lipinski definition) is 4. The zero-order chi connectivity index (χ0) is 27.1. The van der Waals surface area contributed by atoms with Crippen LogP contribution in [0, 0.1) is 13.8 Å². The summed E-state index contributed by atoms with van der Waals surface area (Å²) in [7, 11) is 0. The largest absolute Gasteiger partial charge is 0.478 e. The Morgan fingerprint density at radius 3 is 2.49 bits per heavy atom. The van der Waals surface area contributed by atoms with E-state index in [4.69, 9.17) is 14.4 Å². The van der Waals surface area contributed by atoms with Crippen LogP contribution in [0.1, 0.15) is 46.2 Å². The van der Waals surface area contributed by atoms with Crippen molar-refractivity contribution >= 4 is 28.1 Å². The van der Waals surface area contributed by atoms with Gasteiger partial charge in [0.2, 0.25) is 5.89 Å². The van der Waals surface area contributed by atoms with Gasteiger partial charge in [-0.3, -0.25) is 0 Å². The third-order valence-corrected chi connectivity index (χ3v) is 7.15. The second-order valence-electron chi connectivity index (χ2n) is 10.1. The van der Waals surface area contributed by atoms with Crippen molar-refractivity contribution in [1.82, 2.24) is 14.5 Å². The molecule has 2 heterocycles. The minimum atomic E-state index is -0.927. The molecule has 0 aliphatic carbocycles. The fraction of sp³-hybridized carbons (Fsp3) is 0.182. The normalized spacial score (nSPS) is 11.5. The number of hydrogen-bond donors (Lipinski definition) is 1. The van der Waals surface area contributed by atoms with E-state index in [1.54, 1.807) is 12.1 Å². The van der Waals surface area contributed by atoms with Gasteiger partial charge in [0, 0.05) is 18.5 Å². The molecule has 0 saturated carbocycles. The van der Waals surface area contributed by atoms with Crippen molar-refractivity contribution in [3.8, 4) is 22.6 Å². The third-order valence-electron chi connectivity index (χ3n) is 7.15. The second-order valence-corrected chi connectivity index (χ2v) is 10.1. The first-order valence-electron chi connectivity index (χ1n) is 13.2. The number of nitrogens with zero attached hydrogens (tertiary/aromatic N) is 3. The summed E-state index contributed by atoms with van der Waals surface area (Å²) in [6.45, 7) is 6.95. The van der Waals surface area contributed by atoms with Crippen molar-refractivity contribution < 1.29 is 14.3 Å². The third kappa shape index (κ3) is 4.59. The Hall–Kier alpha value is -4.71. The molecule has 39 heavy (non-hydrogen) atoms. The summed E-state index contributed by atoms with van der Waals surface area (Å²) in [6.07, 6.45) is 1.86. The number of carbonyl (C=O) groups is 1. The van der Waals surface area contributed by atoms with Gasteiger partial charge in [0.25, 0.3) is 0 Å². The average molecular weight is 516 g/mol. The summed E-state index contributed by atoms with van der Waals surface area (Å²) in [5.74, 6) is 0.720. The predicted octanol–water partition coefficient (Wildman–Crippen LogP) is 7.83. The summed E-state index contributed by atoms with van der Waals surface area (Å²) in [4.78, 5) is 21.5. The van der Waals surface area contributed by atoms with Gasteiger partial charge in [0.05, 0.1) is 16.6 Å². The molecule has 0 radical (unpaired) electrons. The van der Waals surface area contributed by atoms with Crippen LogP contribution in [-0.2, 0) is 13.0 Å². The van der Waals surface area contributed by atoms with Gasteiger partial charge in [0.1, 0.15) is 11.3 Å². The molecular weight excluding hydrogens is 486 g/mol. The minimum Gasteiger partial charge on any atom is -0.478 e. The number of rotatable bonds is 7. The molecule has 0 aliphatic heterocycles. The molecule has 194 valence electrons. The fourth-order valence-electron chi connectivity index (χ4n) is 5.21. The number of aromatic carboxylic acids is 1. The highest BCUT2D eigenvalue weighted by molar-refractivity contribution is 5.96. The predicted molar refractivity (Wildman–Crippen MR) is 154 cm³/mol. The van der Waals surface area contributed by atoms with E-state index in [9.17, 15) is 9.90 Å². The summed E-state index contributed by atoms with van der Waals surface area (Å²) < 4.78 is 8.40. The SMILES string of the molecule is CCCc1nc2c(C)cc(-c3nc4cc(C)ccc4o3)cc2n1Cc1ccc(-c2ccccc2C(=O)O)cc1. The van der Waals surface area contributed by atoms with Gasteiger partial charge in [0.15, 0.2) is 5.58 Å². The number of aromatic nitrogens is 3. The monoisotopic (exact) mass is 515 g/mol. The van der Waals surface area contributed by atoms with Gasteiger partial charge in [-0.25, -0.2) is 14.8 Å². The van der Waals surface area contributed by atoms with E-state index in [1.165, 1.54) is 0 Å². The molecule has 0 unspecified atom stereocenters. The summed E-state index contributed by atoms with van der Waals surface area (Å²) in [6, 6.07) is 25.5. The Morgan fingerprint density at radius 2 is 1.72 bits per heavy atom. The van der Waals surface area contributed by atoms with Crippen LogP contribution in [0.15, 0.2) is 83.3 Å². The zero-order valence-electron chi connectivity index (χ0n) is 22.2. The maximum atomic E-state index is 11.7. The van der Waals surface area contributed by atoms with Crippen molar-refractivity contribution in [2.75, 3.05) is 0 Å². The van der Waals surface area contributed by atoms with Crippen molar-refractivity contribution in [3.05, 3.63) is 107 Å². The van der Waals surface area contributed by atoms with Gasteiger partial charge in [-0.1, -0.05) is 55.5 Å². The van der Waals surface area contributed by atoms with Crippen LogP contribution in [0.3, 0.4) is 0 Å². The fourth-order valence-corrected chi connectivity index (χ4v) is 5.21. The molecule has 0 atom stereocenters. The molecule has 0 saturated heterocycles. The van der Waals surface area contributed by atoms with Crippen LogP contribution in [0.2, 0.25) is 0 Å². The number of aryl methyl sites for hydroxylation is 3. The highest BCUT2D eigenvalue weighted by Crippen LogP contribution is 2.31. The lowest BCUT2D eigenvalue weighted by Crippen LogP contribution is -2.05. The Labute approximate surface area is 226 Å². The van der Waals surface area contributed by atoms with Crippen LogP contribution in [0.5, 0.6) is 0 Å². The van der Waals surface area contributed by atoms with Gasteiger partial charge >= 0.3 is 5.97 Å². The molecule has 6 aromatic rings. The maximum Gasteiger partial charge on any atom is 0.336 e. The Kier molecular flexibility index (Phi) is 6.23. The average Bonchev–Trinajstić information content (AvgIpc) is 3.51. The number of carboxylic acids is 1. The maximum absolute atomic E-state index is 11.7. The quantitative estimate of drug-likeness (QED) is 0.234. The molecule has 6 nitrogen and oxygen atoms in total. The standard InChI is InChI=1S/C33H29N3O3/c1-4-7-30-35-31-21(3)17-24(32-34-27-16-20(2)10-15-29(27)39-32)18-28(31)36(30)19-22-11-13-23(14-12-22)25-8-5-6-9-26(25)33(37)38/h5-6,8-18H,4,7,19H2,1-3H3,(H,37,38). The molecule has 0 aliphatic rings. The van der Waals surface area contributed by atoms with E-state index in [0.29, 0.717) is 23.6 Å². The van der Waals surface area contributed by atoms with Crippen LogP contribution < -0.4 is 0 Å². The Morgan fingerprint density at radius 1 is 0.923 bits per heavy atom. The number of oxazole rings is 1. The van der Waals surface area contributed by atoms with E-state index >= 15 is 0 Å². The molecule has 6 rings (SSSR count). The molecule has 0 spiro atoms. The van der Waals surface area contributed by atoms with Crippen molar-refractivity contribution in [2.24, 2.45) is 0 Å². The molecule has 1 N–H and O–H groups in total. The Balaban J connectivity index is 1.40. The van der Waals surface area contributed by atoms with Crippen LogP contribution in [-0.4, -0.2) is 25.6 Å². The molecule has 4 aromatic carbocycles. The Bertz CT molecular complexity index is 1840. The lowest BCUT2D eigenvalue weighted by Gasteiger charge is -2.11. The van der Waals surface area contributed by atoms with Crippen molar-refractivity contribution in [2.45, 2.75) is 40.2 Å². The van der Waals surface area contributed by atoms with E-state index in [2.05, 4.69) is 49.6 Å². The van der Waals surface area contributed by atoms with Crippen molar-refractivity contribution in [1.29, 1.82) is 0 Å². The molecule has 0 amide bonds. The lowest BCUT2D eigenvalue weighted by atomic mass is 9.98. The number of imidazole rings is 1. The van der Waals surface area contributed by atoms with Gasteiger partial charge < -0.3 is 14.1 Å². The highest BCUT2D eigenvalue weighted by Gasteiger charge is 2.17.